The molecule has 0 aromatic heterocycles. The fourth-order valence-corrected chi connectivity index (χ4v) is 2.18. The Morgan fingerprint density at radius 3 is 2.61 bits per heavy atom. The van der Waals surface area contributed by atoms with E-state index in [-0.39, 0.29) is 17.3 Å². The molecule has 6 heteroatoms. The molecule has 23 heavy (non-hydrogen) atoms. The average molecular weight is 332 g/mol. The van der Waals surface area contributed by atoms with Crippen molar-refractivity contribution in [3.05, 3.63) is 70.1 Å². The number of carbonyl (C=O) groups is 1. The minimum absolute atomic E-state index is 0.0968. The molecular formula is C17H11ClFNO3. The van der Waals surface area contributed by atoms with Crippen LogP contribution in [0.2, 0.25) is 5.02 Å². The van der Waals surface area contributed by atoms with Crippen LogP contribution in [0.5, 0.6) is 5.75 Å². The van der Waals surface area contributed by atoms with Gasteiger partial charge in [0.05, 0.1) is 7.11 Å². The quantitative estimate of drug-likeness (QED) is 0.634. The molecule has 0 amide bonds. The number of hydrogen-bond acceptors (Lipinski definition) is 4. The Balaban J connectivity index is 1.91. The van der Waals surface area contributed by atoms with Gasteiger partial charge in [0.1, 0.15) is 0 Å². The smallest absolute Gasteiger partial charge is 0.363 e. The zero-order chi connectivity index (χ0) is 16.4. The molecular weight excluding hydrogens is 321 g/mol. The first-order chi connectivity index (χ1) is 11.1. The van der Waals surface area contributed by atoms with E-state index in [1.54, 1.807) is 30.3 Å². The van der Waals surface area contributed by atoms with Crippen LogP contribution in [-0.2, 0) is 9.53 Å². The molecule has 0 unspecified atom stereocenters. The number of nitrogens with zero attached hydrogens (tertiary/aromatic N) is 1. The molecule has 4 nitrogen and oxygen atoms in total. The van der Waals surface area contributed by atoms with Gasteiger partial charge in [-0.15, -0.1) is 0 Å². The number of rotatable bonds is 3. The van der Waals surface area contributed by atoms with Gasteiger partial charge >= 0.3 is 5.97 Å². The van der Waals surface area contributed by atoms with Crippen LogP contribution in [0.4, 0.5) is 4.39 Å². The summed E-state index contributed by atoms with van der Waals surface area (Å²) in [5.74, 6) is -0.792. The van der Waals surface area contributed by atoms with Crippen LogP contribution in [-0.4, -0.2) is 19.0 Å². The summed E-state index contributed by atoms with van der Waals surface area (Å²) in [5, 5.41) is 0.572. The number of esters is 1. The summed E-state index contributed by atoms with van der Waals surface area (Å²) in [6, 6.07) is 11.1. The summed E-state index contributed by atoms with van der Waals surface area (Å²) in [5.41, 5.74) is 1.21. The summed E-state index contributed by atoms with van der Waals surface area (Å²) in [6.07, 6.45) is 1.45. The third-order valence-electron chi connectivity index (χ3n) is 3.19. The fraction of sp³-hybridized carbons (Fsp3) is 0.0588. The zero-order valence-corrected chi connectivity index (χ0v) is 12.8. The number of benzene rings is 2. The molecule has 0 atom stereocenters. The van der Waals surface area contributed by atoms with Gasteiger partial charge in [-0.05, 0) is 48.0 Å². The Morgan fingerprint density at radius 1 is 1.22 bits per heavy atom. The Labute approximate surface area is 136 Å². The van der Waals surface area contributed by atoms with Crippen molar-refractivity contribution in [2.45, 2.75) is 0 Å². The van der Waals surface area contributed by atoms with E-state index in [1.165, 1.54) is 25.3 Å². The van der Waals surface area contributed by atoms with Gasteiger partial charge in [-0.1, -0.05) is 17.7 Å². The number of carbonyl (C=O) groups excluding carboxylic acids is 1. The van der Waals surface area contributed by atoms with Crippen LogP contribution in [0.1, 0.15) is 11.1 Å². The van der Waals surface area contributed by atoms with Crippen molar-refractivity contribution >= 4 is 29.5 Å². The maximum absolute atomic E-state index is 13.7. The Bertz CT molecular complexity index is 828. The van der Waals surface area contributed by atoms with Crippen molar-refractivity contribution in [3.8, 4) is 5.75 Å². The minimum atomic E-state index is -0.592. The zero-order valence-electron chi connectivity index (χ0n) is 12.0. The van der Waals surface area contributed by atoms with Crippen molar-refractivity contribution in [2.75, 3.05) is 7.11 Å². The van der Waals surface area contributed by atoms with Crippen LogP contribution in [0.15, 0.2) is 53.2 Å². The summed E-state index contributed by atoms with van der Waals surface area (Å²) in [6.45, 7) is 0. The highest BCUT2D eigenvalue weighted by Gasteiger charge is 2.24. The monoisotopic (exact) mass is 331 g/mol. The van der Waals surface area contributed by atoms with E-state index in [0.29, 0.717) is 16.1 Å². The number of hydrogen-bond donors (Lipinski definition) is 0. The lowest BCUT2D eigenvalue weighted by molar-refractivity contribution is -0.129. The van der Waals surface area contributed by atoms with Gasteiger partial charge in [0, 0.05) is 10.6 Å². The standard InChI is InChI=1S/C17H11ClFNO3/c1-22-15-7-2-10(8-13(15)19)9-14-17(21)23-16(20-14)11-3-5-12(18)6-4-11/h2-9H,1H3/b14-9-. The van der Waals surface area contributed by atoms with Crippen molar-refractivity contribution in [1.82, 2.24) is 0 Å². The second-order valence-electron chi connectivity index (χ2n) is 4.74. The molecule has 3 rings (SSSR count). The molecule has 2 aromatic rings. The summed E-state index contributed by atoms with van der Waals surface area (Å²) in [7, 11) is 1.38. The number of ether oxygens (including phenoxy) is 2. The van der Waals surface area contributed by atoms with E-state index in [1.807, 2.05) is 0 Å². The van der Waals surface area contributed by atoms with Crippen LogP contribution in [0.3, 0.4) is 0 Å². The van der Waals surface area contributed by atoms with E-state index in [0.717, 1.165) is 0 Å². The molecule has 1 heterocycles. The summed E-state index contributed by atoms with van der Waals surface area (Å²) in [4.78, 5) is 16.0. The van der Waals surface area contributed by atoms with Gasteiger partial charge in [0.2, 0.25) is 5.90 Å². The van der Waals surface area contributed by atoms with Crippen molar-refractivity contribution in [3.63, 3.8) is 0 Å². The lowest BCUT2D eigenvalue weighted by Gasteiger charge is -2.01. The van der Waals surface area contributed by atoms with Crippen molar-refractivity contribution in [1.29, 1.82) is 0 Å². The van der Waals surface area contributed by atoms with E-state index in [2.05, 4.69) is 4.99 Å². The van der Waals surface area contributed by atoms with Crippen LogP contribution in [0, 0.1) is 5.82 Å². The van der Waals surface area contributed by atoms with Gasteiger partial charge in [-0.25, -0.2) is 14.2 Å². The SMILES string of the molecule is COc1ccc(/C=C2\N=C(c3ccc(Cl)cc3)OC2=O)cc1F. The van der Waals surface area contributed by atoms with Gasteiger partial charge in [-0.3, -0.25) is 0 Å². The second kappa shape index (κ2) is 6.22. The Morgan fingerprint density at radius 2 is 1.96 bits per heavy atom. The van der Waals surface area contributed by atoms with Gasteiger partial charge in [0.25, 0.3) is 0 Å². The molecule has 1 aliphatic rings. The third kappa shape index (κ3) is 3.24. The fourth-order valence-electron chi connectivity index (χ4n) is 2.06. The predicted octanol–water partition coefficient (Wildman–Crippen LogP) is 3.83. The third-order valence-corrected chi connectivity index (χ3v) is 3.44. The van der Waals surface area contributed by atoms with Gasteiger partial charge in [0.15, 0.2) is 17.3 Å². The van der Waals surface area contributed by atoms with E-state index >= 15 is 0 Å². The van der Waals surface area contributed by atoms with E-state index in [4.69, 9.17) is 21.1 Å². The Hall–Kier alpha value is -2.66. The number of halogens is 2. The first-order valence-electron chi connectivity index (χ1n) is 6.69. The second-order valence-corrected chi connectivity index (χ2v) is 5.17. The average Bonchev–Trinajstić information content (AvgIpc) is 2.89. The lowest BCUT2D eigenvalue weighted by Crippen LogP contribution is -2.05. The molecule has 2 aromatic carbocycles. The van der Waals surface area contributed by atoms with Crippen LogP contribution in [0.25, 0.3) is 6.08 Å². The van der Waals surface area contributed by atoms with Crippen LogP contribution < -0.4 is 4.74 Å². The largest absolute Gasteiger partial charge is 0.494 e. The number of cyclic esters (lactones) is 1. The highest BCUT2D eigenvalue weighted by Crippen LogP contribution is 2.23. The van der Waals surface area contributed by atoms with Gasteiger partial charge in [-0.2, -0.15) is 0 Å². The molecule has 0 fully saturated rings. The normalized spacial score (nSPS) is 15.5. The minimum Gasteiger partial charge on any atom is -0.494 e. The number of methoxy groups -OCH3 is 1. The van der Waals surface area contributed by atoms with Gasteiger partial charge < -0.3 is 9.47 Å². The highest BCUT2D eigenvalue weighted by atomic mass is 35.5. The Kier molecular flexibility index (Phi) is 4.12. The van der Waals surface area contributed by atoms with Crippen molar-refractivity contribution in [2.24, 2.45) is 4.99 Å². The molecule has 0 saturated heterocycles. The maximum Gasteiger partial charge on any atom is 0.363 e. The summed E-state index contributed by atoms with van der Waals surface area (Å²) < 4.78 is 23.7. The lowest BCUT2D eigenvalue weighted by atomic mass is 10.2. The number of aliphatic imine (C=N–C) groups is 1. The van der Waals surface area contributed by atoms with E-state index < -0.39 is 11.8 Å². The molecule has 0 bridgehead atoms. The molecule has 0 radical (unpaired) electrons. The first-order valence-corrected chi connectivity index (χ1v) is 7.06. The molecule has 1 aliphatic heterocycles. The first kappa shape index (κ1) is 15.2. The molecule has 0 aliphatic carbocycles. The molecule has 0 spiro atoms. The van der Waals surface area contributed by atoms with Crippen molar-refractivity contribution < 1.29 is 18.7 Å². The molecule has 0 N–H and O–H groups in total. The molecule has 0 saturated carbocycles. The molecule has 116 valence electrons. The van der Waals surface area contributed by atoms with Crippen LogP contribution >= 0.6 is 11.6 Å². The topological polar surface area (TPSA) is 47.9 Å². The maximum atomic E-state index is 13.7. The summed E-state index contributed by atoms with van der Waals surface area (Å²) >= 11 is 5.82. The predicted molar refractivity (Wildman–Crippen MR) is 85.0 cm³/mol. The van der Waals surface area contributed by atoms with E-state index in [9.17, 15) is 9.18 Å². The highest BCUT2D eigenvalue weighted by molar-refractivity contribution is 6.30.